The molecule has 240 valence electrons. The molecule has 7 atom stereocenters. The number of nitrogens with zero attached hydrogens (tertiary/aromatic N) is 2. The Morgan fingerprint density at radius 1 is 1.23 bits per heavy atom. The number of likely N-dealkylation sites (tertiary alicyclic amines) is 1. The number of rotatable bonds is 17. The molecule has 3 aliphatic rings. The molecule has 3 saturated heterocycles. The molecule has 2 bridgehead atoms. The fourth-order valence-corrected chi connectivity index (χ4v) is 7.06. The highest BCUT2D eigenvalue weighted by molar-refractivity contribution is 5.98. The molecule has 0 aliphatic carbocycles. The molecule has 1 aromatic rings. The van der Waals surface area contributed by atoms with Crippen LogP contribution in [0.15, 0.2) is 55.6 Å². The van der Waals surface area contributed by atoms with Crippen LogP contribution in [-0.2, 0) is 28.7 Å². The monoisotopic (exact) mass is 609 g/mol. The lowest BCUT2D eigenvalue weighted by Gasteiger charge is -2.39. The van der Waals surface area contributed by atoms with Crippen LogP contribution in [0.1, 0.15) is 70.5 Å². The maximum atomic E-state index is 14.3. The Hall–Kier alpha value is -3.50. The predicted octanol–water partition coefficient (Wildman–Crippen LogP) is 3.31. The number of ether oxygens (including phenoxy) is 2. The van der Waals surface area contributed by atoms with Gasteiger partial charge < -0.3 is 29.7 Å². The molecule has 10 nitrogen and oxygen atoms in total. The second-order valence-electron chi connectivity index (χ2n) is 11.9. The van der Waals surface area contributed by atoms with Gasteiger partial charge in [0.1, 0.15) is 17.7 Å². The summed E-state index contributed by atoms with van der Waals surface area (Å²) in [6.07, 6.45) is 5.83. The van der Waals surface area contributed by atoms with Gasteiger partial charge >= 0.3 is 5.97 Å². The van der Waals surface area contributed by atoms with Gasteiger partial charge in [-0.05, 0) is 37.7 Å². The zero-order valence-corrected chi connectivity index (χ0v) is 26.0. The molecule has 44 heavy (non-hydrogen) atoms. The van der Waals surface area contributed by atoms with Crippen LogP contribution in [0.2, 0.25) is 0 Å². The van der Waals surface area contributed by atoms with Crippen molar-refractivity contribution >= 4 is 23.7 Å². The van der Waals surface area contributed by atoms with Crippen molar-refractivity contribution in [2.45, 2.75) is 88.7 Å². The number of allylic oxidation sites excluding steroid dienone is 1. The third-order valence-corrected chi connectivity index (χ3v) is 9.25. The summed E-state index contributed by atoms with van der Waals surface area (Å²) in [7, 11) is 0. The fourth-order valence-electron chi connectivity index (χ4n) is 7.06. The summed E-state index contributed by atoms with van der Waals surface area (Å²) in [4.78, 5) is 58.2. The Morgan fingerprint density at radius 2 is 1.98 bits per heavy atom. The molecule has 3 heterocycles. The largest absolute Gasteiger partial charge is 0.455 e. The standard InChI is InChI=1S/C34H47N3O7/c1-5-9-16-27(39)35-21-26(23-14-12-11-13-15-23)43-33(42)28-25-17-18-34(44-25)29(28)31(40)37(24(8-4)22-38)30(34)32(41)36(19-7-3)20-10-6-2/h5,7,11-15,24-26,28-30,38H,1,3,6,8-10,16-22H2,2,4H3,(H,35,39)/t24-,25+,26-,28-,29-,30+,34-/m0/s1. The van der Waals surface area contributed by atoms with Crippen LogP contribution in [0.4, 0.5) is 0 Å². The topological polar surface area (TPSA) is 125 Å². The Kier molecular flexibility index (Phi) is 11.4. The van der Waals surface area contributed by atoms with Gasteiger partial charge in [-0.3, -0.25) is 19.2 Å². The van der Waals surface area contributed by atoms with E-state index in [4.69, 9.17) is 9.47 Å². The van der Waals surface area contributed by atoms with Crippen LogP contribution in [-0.4, -0.2) is 88.6 Å². The lowest BCUT2D eigenvalue weighted by atomic mass is 9.70. The number of carbonyl (C=O) groups is 4. The maximum absolute atomic E-state index is 14.3. The summed E-state index contributed by atoms with van der Waals surface area (Å²) in [6.45, 7) is 12.0. The second-order valence-corrected chi connectivity index (χ2v) is 11.9. The first-order chi connectivity index (χ1) is 21.3. The van der Waals surface area contributed by atoms with Gasteiger partial charge in [-0.25, -0.2) is 0 Å². The van der Waals surface area contributed by atoms with E-state index in [1.165, 1.54) is 4.90 Å². The van der Waals surface area contributed by atoms with E-state index < -0.39 is 47.7 Å². The van der Waals surface area contributed by atoms with E-state index >= 15 is 0 Å². The van der Waals surface area contributed by atoms with Gasteiger partial charge in [0.25, 0.3) is 0 Å². The van der Waals surface area contributed by atoms with Crippen LogP contribution in [0.3, 0.4) is 0 Å². The maximum Gasteiger partial charge on any atom is 0.313 e. The van der Waals surface area contributed by atoms with Crippen molar-refractivity contribution in [2.24, 2.45) is 11.8 Å². The number of unbranched alkanes of at least 4 members (excludes halogenated alkanes) is 1. The summed E-state index contributed by atoms with van der Waals surface area (Å²) in [5.74, 6) is -3.23. The van der Waals surface area contributed by atoms with E-state index in [0.717, 1.165) is 12.8 Å². The number of aliphatic hydroxyl groups excluding tert-OH is 1. The van der Waals surface area contributed by atoms with Crippen molar-refractivity contribution in [3.8, 4) is 0 Å². The quantitative estimate of drug-likeness (QED) is 0.205. The molecule has 1 spiro atoms. The van der Waals surface area contributed by atoms with Gasteiger partial charge in [0, 0.05) is 19.5 Å². The molecule has 3 amide bonds. The summed E-state index contributed by atoms with van der Waals surface area (Å²) in [5.41, 5.74) is -0.490. The first-order valence-corrected chi connectivity index (χ1v) is 15.9. The van der Waals surface area contributed by atoms with Gasteiger partial charge in [-0.1, -0.05) is 62.8 Å². The minimum absolute atomic E-state index is 0.0668. The second kappa shape index (κ2) is 15.0. The summed E-state index contributed by atoms with van der Waals surface area (Å²) < 4.78 is 12.6. The molecule has 10 heteroatoms. The minimum Gasteiger partial charge on any atom is -0.455 e. The molecule has 0 radical (unpaired) electrons. The van der Waals surface area contributed by atoms with Crippen LogP contribution >= 0.6 is 0 Å². The van der Waals surface area contributed by atoms with Crippen molar-refractivity contribution in [1.29, 1.82) is 0 Å². The van der Waals surface area contributed by atoms with Gasteiger partial charge in [0.15, 0.2) is 0 Å². The number of aliphatic hydroxyl groups is 1. The van der Waals surface area contributed by atoms with Crippen molar-refractivity contribution in [3.05, 3.63) is 61.2 Å². The lowest BCUT2D eigenvalue weighted by molar-refractivity contribution is -0.161. The van der Waals surface area contributed by atoms with Crippen LogP contribution in [0.5, 0.6) is 0 Å². The highest BCUT2D eigenvalue weighted by Crippen LogP contribution is 2.59. The first kappa shape index (κ1) is 33.4. The van der Waals surface area contributed by atoms with Gasteiger partial charge in [-0.2, -0.15) is 0 Å². The van der Waals surface area contributed by atoms with Crippen molar-refractivity contribution < 1.29 is 33.8 Å². The van der Waals surface area contributed by atoms with Crippen molar-refractivity contribution in [2.75, 3.05) is 26.2 Å². The highest BCUT2D eigenvalue weighted by atomic mass is 16.6. The van der Waals surface area contributed by atoms with Crippen LogP contribution < -0.4 is 5.32 Å². The normalized spacial score (nSPS) is 26.5. The number of nitrogens with one attached hydrogen (secondary N) is 1. The van der Waals surface area contributed by atoms with E-state index in [0.29, 0.717) is 44.3 Å². The molecule has 0 aromatic heterocycles. The number of hydrogen-bond donors (Lipinski definition) is 2. The fraction of sp³-hybridized carbons (Fsp3) is 0.588. The Morgan fingerprint density at radius 3 is 2.61 bits per heavy atom. The molecular formula is C34H47N3O7. The van der Waals surface area contributed by atoms with Gasteiger partial charge in [-0.15, -0.1) is 13.2 Å². The average Bonchev–Trinajstić information content (AvgIpc) is 3.68. The summed E-state index contributed by atoms with van der Waals surface area (Å²) >= 11 is 0. The number of esters is 1. The van der Waals surface area contributed by atoms with E-state index in [1.807, 2.05) is 44.2 Å². The third-order valence-electron chi connectivity index (χ3n) is 9.25. The van der Waals surface area contributed by atoms with E-state index in [9.17, 15) is 24.3 Å². The third kappa shape index (κ3) is 6.47. The molecule has 1 aromatic carbocycles. The molecule has 3 fully saturated rings. The number of carbonyl (C=O) groups excluding carboxylic acids is 4. The number of fused-ring (bicyclic) bond motifs is 1. The zero-order chi connectivity index (χ0) is 31.9. The molecule has 0 saturated carbocycles. The van der Waals surface area contributed by atoms with Gasteiger partial charge in [0.2, 0.25) is 17.7 Å². The first-order valence-electron chi connectivity index (χ1n) is 15.9. The number of benzene rings is 1. The van der Waals surface area contributed by atoms with Crippen molar-refractivity contribution in [1.82, 2.24) is 15.1 Å². The zero-order valence-electron chi connectivity index (χ0n) is 26.0. The molecule has 4 rings (SSSR count). The number of hydrogen-bond acceptors (Lipinski definition) is 7. The van der Waals surface area contributed by atoms with E-state index in [-0.39, 0.29) is 37.3 Å². The van der Waals surface area contributed by atoms with Crippen LogP contribution in [0, 0.1) is 11.8 Å². The molecule has 2 N–H and O–H groups in total. The summed E-state index contributed by atoms with van der Waals surface area (Å²) in [5, 5.41) is 13.1. The average molecular weight is 610 g/mol. The van der Waals surface area contributed by atoms with E-state index in [1.54, 1.807) is 17.1 Å². The predicted molar refractivity (Wildman–Crippen MR) is 165 cm³/mol. The van der Waals surface area contributed by atoms with Gasteiger partial charge in [0.05, 0.1) is 37.1 Å². The van der Waals surface area contributed by atoms with E-state index in [2.05, 4.69) is 18.5 Å². The lowest BCUT2D eigenvalue weighted by Crippen LogP contribution is -2.58. The van der Waals surface area contributed by atoms with Crippen LogP contribution in [0.25, 0.3) is 0 Å². The Labute approximate surface area is 260 Å². The van der Waals surface area contributed by atoms with Crippen molar-refractivity contribution in [3.63, 3.8) is 0 Å². The minimum atomic E-state index is -1.20. The smallest absolute Gasteiger partial charge is 0.313 e. The Bertz CT molecular complexity index is 1200. The summed E-state index contributed by atoms with van der Waals surface area (Å²) in [6, 6.07) is 7.58. The molecule has 0 unspecified atom stereocenters. The molecule has 3 aliphatic heterocycles. The Balaban J connectivity index is 1.65. The highest BCUT2D eigenvalue weighted by Gasteiger charge is 2.75. The molecular weight excluding hydrogens is 562 g/mol. The SMILES string of the molecule is C=CCCC(=O)NC[C@H](OC(=O)[C@@H]1[C@H]2C(=O)N([C@@H](CC)CO)[C@H](C(=O)N(CC=C)CCCC)[C@]23CC[C@H]1O3)c1ccccc1. The number of amides is 3.